The lowest BCUT2D eigenvalue weighted by Gasteiger charge is -2.28. The van der Waals surface area contributed by atoms with Gasteiger partial charge in [-0.1, -0.05) is 29.3 Å². The van der Waals surface area contributed by atoms with E-state index < -0.39 is 0 Å². The largest absolute Gasteiger partial charge is 0.338 e. The van der Waals surface area contributed by atoms with Crippen LogP contribution in [0.2, 0.25) is 10.0 Å². The number of hydrogen-bond acceptors (Lipinski definition) is 2. The molecule has 0 N–H and O–H groups in total. The molecule has 0 spiro atoms. The fraction of sp³-hybridized carbons (Fsp3) is 0.588. The maximum atomic E-state index is 12.6. The summed E-state index contributed by atoms with van der Waals surface area (Å²) >= 11 is 12.0. The highest BCUT2D eigenvalue weighted by Crippen LogP contribution is 2.25. The van der Waals surface area contributed by atoms with Gasteiger partial charge in [0.25, 0.3) is 0 Å². The zero-order valence-electron chi connectivity index (χ0n) is 12.7. The molecular weight excluding hydrogens is 319 g/mol. The Labute approximate surface area is 142 Å². The van der Waals surface area contributed by atoms with E-state index in [9.17, 15) is 4.79 Å². The third-order valence-electron chi connectivity index (χ3n) is 4.70. The Balaban J connectivity index is 1.61. The molecule has 1 atom stereocenters. The summed E-state index contributed by atoms with van der Waals surface area (Å²) in [5, 5.41) is 1.05. The average Bonchev–Trinajstić information content (AvgIpc) is 3.15. The van der Waals surface area contributed by atoms with Crippen LogP contribution in [-0.2, 0) is 11.2 Å². The third kappa shape index (κ3) is 3.76. The molecule has 3 nitrogen and oxygen atoms in total. The van der Waals surface area contributed by atoms with Gasteiger partial charge in [0.1, 0.15) is 0 Å². The number of likely N-dealkylation sites (tertiary alicyclic amines) is 2. The van der Waals surface area contributed by atoms with Crippen molar-refractivity contribution in [3.8, 4) is 0 Å². The van der Waals surface area contributed by atoms with Gasteiger partial charge in [-0.2, -0.15) is 0 Å². The summed E-state index contributed by atoms with van der Waals surface area (Å²) < 4.78 is 0. The first-order valence-electron chi connectivity index (χ1n) is 8.09. The molecule has 2 aliphatic heterocycles. The molecule has 2 saturated heterocycles. The zero-order chi connectivity index (χ0) is 15.5. The van der Waals surface area contributed by atoms with Crippen LogP contribution >= 0.6 is 23.2 Å². The number of nitrogens with zero attached hydrogens (tertiary/aromatic N) is 2. The molecule has 1 aromatic rings. The van der Waals surface area contributed by atoms with Crippen molar-refractivity contribution in [3.05, 3.63) is 33.8 Å². The molecule has 0 aliphatic carbocycles. The van der Waals surface area contributed by atoms with Crippen molar-refractivity contribution >= 4 is 29.1 Å². The highest BCUT2D eigenvalue weighted by atomic mass is 35.5. The Bertz CT molecular complexity index is 543. The van der Waals surface area contributed by atoms with Gasteiger partial charge in [0.15, 0.2) is 0 Å². The van der Waals surface area contributed by atoms with Crippen molar-refractivity contribution in [3.63, 3.8) is 0 Å². The fourth-order valence-corrected chi connectivity index (χ4v) is 3.86. The monoisotopic (exact) mass is 340 g/mol. The van der Waals surface area contributed by atoms with Crippen LogP contribution in [0.5, 0.6) is 0 Å². The first-order valence-corrected chi connectivity index (χ1v) is 8.85. The number of carbonyl (C=O) groups is 1. The first kappa shape index (κ1) is 16.1. The van der Waals surface area contributed by atoms with Gasteiger partial charge in [-0.25, -0.2) is 0 Å². The first-order chi connectivity index (χ1) is 10.6. The van der Waals surface area contributed by atoms with Crippen LogP contribution in [-0.4, -0.2) is 47.9 Å². The van der Waals surface area contributed by atoms with Gasteiger partial charge in [-0.15, -0.1) is 0 Å². The molecule has 0 saturated carbocycles. The summed E-state index contributed by atoms with van der Waals surface area (Å²) in [6.07, 6.45) is 5.25. The lowest BCUT2D eigenvalue weighted by molar-refractivity contribution is -0.131. The van der Waals surface area contributed by atoms with E-state index in [1.807, 2.05) is 6.07 Å². The molecule has 1 amide bonds. The summed E-state index contributed by atoms with van der Waals surface area (Å²) in [5.74, 6) is 0.208. The average molecular weight is 341 g/mol. The summed E-state index contributed by atoms with van der Waals surface area (Å²) in [7, 11) is 0. The minimum Gasteiger partial charge on any atom is -0.338 e. The van der Waals surface area contributed by atoms with Gasteiger partial charge < -0.3 is 9.80 Å². The highest BCUT2D eigenvalue weighted by Gasteiger charge is 2.30. The van der Waals surface area contributed by atoms with Gasteiger partial charge in [-0.3, -0.25) is 4.79 Å². The SMILES string of the molecule is O=C(Cc1ccc(Cl)c(Cl)c1)N1CCCC1CN1CCCC1. The summed E-state index contributed by atoms with van der Waals surface area (Å²) in [6.45, 7) is 4.29. The molecule has 2 fully saturated rings. The molecule has 1 unspecified atom stereocenters. The summed E-state index contributed by atoms with van der Waals surface area (Å²) in [4.78, 5) is 17.2. The molecule has 120 valence electrons. The number of hydrogen-bond donors (Lipinski definition) is 0. The van der Waals surface area contributed by atoms with Crippen LogP contribution in [0, 0.1) is 0 Å². The quantitative estimate of drug-likeness (QED) is 0.835. The van der Waals surface area contributed by atoms with E-state index in [4.69, 9.17) is 23.2 Å². The second-order valence-corrected chi connectivity index (χ2v) is 7.13. The van der Waals surface area contributed by atoms with E-state index in [0.29, 0.717) is 22.5 Å². The van der Waals surface area contributed by atoms with E-state index >= 15 is 0 Å². The fourth-order valence-electron chi connectivity index (χ4n) is 3.54. The smallest absolute Gasteiger partial charge is 0.227 e. The van der Waals surface area contributed by atoms with Gasteiger partial charge >= 0.3 is 0 Å². The molecule has 1 aromatic carbocycles. The lowest BCUT2D eigenvalue weighted by atomic mass is 10.1. The molecule has 5 heteroatoms. The van der Waals surface area contributed by atoms with E-state index in [-0.39, 0.29) is 5.91 Å². The Morgan fingerprint density at radius 3 is 2.59 bits per heavy atom. The van der Waals surface area contributed by atoms with Crippen molar-refractivity contribution in [1.82, 2.24) is 9.80 Å². The zero-order valence-corrected chi connectivity index (χ0v) is 14.2. The molecule has 2 aliphatic rings. The Hall–Kier alpha value is -0.770. The van der Waals surface area contributed by atoms with Crippen molar-refractivity contribution in [2.75, 3.05) is 26.2 Å². The molecule has 3 rings (SSSR count). The van der Waals surface area contributed by atoms with Crippen molar-refractivity contribution < 1.29 is 4.79 Å². The van der Waals surface area contributed by atoms with Crippen LogP contribution in [0.3, 0.4) is 0 Å². The molecule has 0 bridgehead atoms. The maximum absolute atomic E-state index is 12.6. The predicted molar refractivity (Wildman–Crippen MR) is 90.6 cm³/mol. The van der Waals surface area contributed by atoms with E-state index in [1.165, 1.54) is 25.9 Å². The van der Waals surface area contributed by atoms with Crippen LogP contribution in [0.4, 0.5) is 0 Å². The highest BCUT2D eigenvalue weighted by molar-refractivity contribution is 6.42. The predicted octanol–water partition coefficient (Wildman–Crippen LogP) is 3.62. The van der Waals surface area contributed by atoms with Gasteiger partial charge in [-0.05, 0) is 56.5 Å². The van der Waals surface area contributed by atoms with E-state index in [1.54, 1.807) is 12.1 Å². The van der Waals surface area contributed by atoms with Crippen LogP contribution in [0.15, 0.2) is 18.2 Å². The Kier molecular flexibility index (Phi) is 5.27. The molecule has 0 radical (unpaired) electrons. The molecule has 22 heavy (non-hydrogen) atoms. The van der Waals surface area contributed by atoms with Gasteiger partial charge in [0.05, 0.1) is 16.5 Å². The number of halogens is 2. The van der Waals surface area contributed by atoms with E-state index in [2.05, 4.69) is 9.80 Å². The standard InChI is InChI=1S/C17H22Cl2N2O/c18-15-6-5-13(10-16(15)19)11-17(22)21-9-3-4-14(21)12-20-7-1-2-8-20/h5-6,10,14H,1-4,7-9,11-12H2. The van der Waals surface area contributed by atoms with Gasteiger partial charge in [0.2, 0.25) is 5.91 Å². The lowest BCUT2D eigenvalue weighted by Crippen LogP contribution is -2.43. The Morgan fingerprint density at radius 1 is 1.09 bits per heavy atom. The van der Waals surface area contributed by atoms with Gasteiger partial charge in [0, 0.05) is 19.1 Å². The minimum atomic E-state index is 0.208. The third-order valence-corrected chi connectivity index (χ3v) is 5.44. The molecule has 2 heterocycles. The Morgan fingerprint density at radius 2 is 1.86 bits per heavy atom. The normalized spacial score (nSPS) is 22.5. The van der Waals surface area contributed by atoms with Crippen LogP contribution < -0.4 is 0 Å². The second-order valence-electron chi connectivity index (χ2n) is 6.32. The van der Waals surface area contributed by atoms with E-state index in [0.717, 1.165) is 31.5 Å². The van der Waals surface area contributed by atoms with Crippen molar-refractivity contribution in [2.24, 2.45) is 0 Å². The summed E-state index contributed by atoms with van der Waals surface area (Å²) in [6, 6.07) is 5.83. The van der Waals surface area contributed by atoms with Crippen molar-refractivity contribution in [2.45, 2.75) is 38.1 Å². The number of amides is 1. The second kappa shape index (κ2) is 7.20. The maximum Gasteiger partial charge on any atom is 0.227 e. The topological polar surface area (TPSA) is 23.6 Å². The summed E-state index contributed by atoms with van der Waals surface area (Å²) in [5.41, 5.74) is 0.936. The van der Waals surface area contributed by atoms with Crippen LogP contribution in [0.25, 0.3) is 0 Å². The van der Waals surface area contributed by atoms with Crippen molar-refractivity contribution in [1.29, 1.82) is 0 Å². The number of benzene rings is 1. The van der Waals surface area contributed by atoms with Crippen LogP contribution in [0.1, 0.15) is 31.2 Å². The minimum absolute atomic E-state index is 0.208. The number of rotatable bonds is 4. The molecular formula is C17H22Cl2N2O. The molecule has 0 aromatic heterocycles. The number of carbonyl (C=O) groups excluding carboxylic acids is 1.